The van der Waals surface area contributed by atoms with Gasteiger partial charge in [-0.2, -0.15) is 5.10 Å². The van der Waals surface area contributed by atoms with E-state index in [1.807, 2.05) is 50.7 Å². The van der Waals surface area contributed by atoms with Gasteiger partial charge in [-0.15, -0.1) is 0 Å². The molecule has 1 N–H and O–H groups in total. The van der Waals surface area contributed by atoms with Crippen LogP contribution in [-0.4, -0.2) is 71.7 Å². The third-order valence-electron chi connectivity index (χ3n) is 8.47. The summed E-state index contributed by atoms with van der Waals surface area (Å²) >= 11 is 13.4. The van der Waals surface area contributed by atoms with Crippen LogP contribution in [0.3, 0.4) is 0 Å². The number of aromatic nitrogens is 3. The first-order valence-corrected chi connectivity index (χ1v) is 15.6. The zero-order valence-corrected chi connectivity index (χ0v) is 27.5. The molecule has 2 aromatic heterocycles. The summed E-state index contributed by atoms with van der Waals surface area (Å²) in [6, 6.07) is 7.94. The van der Waals surface area contributed by atoms with Crippen molar-refractivity contribution < 1.29 is 14.3 Å². The van der Waals surface area contributed by atoms with E-state index in [4.69, 9.17) is 37.8 Å². The number of hydrogen-bond donors (Lipinski definition) is 1. The van der Waals surface area contributed by atoms with Crippen LogP contribution in [0.25, 0.3) is 22.0 Å². The largest absolute Gasteiger partial charge is 0.494 e. The Hall–Kier alpha value is -3.04. The predicted octanol–water partition coefficient (Wildman–Crippen LogP) is 6.29. The quantitative estimate of drug-likeness (QED) is 0.210. The molecule has 0 spiro atoms. The van der Waals surface area contributed by atoms with Crippen LogP contribution in [0.5, 0.6) is 5.75 Å². The summed E-state index contributed by atoms with van der Waals surface area (Å²) < 4.78 is 15.8. The topological polar surface area (TPSA) is 73.5 Å². The van der Waals surface area contributed by atoms with Gasteiger partial charge in [0.05, 0.1) is 36.1 Å². The Labute approximate surface area is 263 Å². The number of nitrogens with one attached hydrogen (secondary N) is 1. The van der Waals surface area contributed by atoms with Gasteiger partial charge < -0.3 is 19.4 Å². The van der Waals surface area contributed by atoms with Crippen molar-refractivity contribution >= 4 is 40.0 Å². The normalized spacial score (nSPS) is 14.0. The lowest BCUT2D eigenvalue weighted by Crippen LogP contribution is -2.38. The molecular formula is C33H41Cl2N5O3. The van der Waals surface area contributed by atoms with E-state index in [9.17, 15) is 4.79 Å². The molecule has 1 saturated heterocycles. The third-order valence-corrected chi connectivity index (χ3v) is 9.38. The molecule has 10 heteroatoms. The molecule has 1 amide bonds. The molecule has 5 rings (SSSR count). The number of benzene rings is 2. The predicted molar refractivity (Wildman–Crippen MR) is 174 cm³/mol. The van der Waals surface area contributed by atoms with Gasteiger partial charge in [-0.25, -0.2) is 0 Å². The Kier molecular flexibility index (Phi) is 9.71. The molecule has 0 saturated carbocycles. The standard InChI is InChI=1S/C33H41Cl2N5O3/c1-20-18-24(19-21(2)30(20)35)43-15-7-8-25-26-9-10-27(34)29(28-22(3)37-38(6)23(28)4)31(26)40(32(25)33(41)36-5)12-11-39-13-16-42-17-14-39/h9-10,18-19H,7-8,11-17H2,1-6H3,(H,36,41). The summed E-state index contributed by atoms with van der Waals surface area (Å²) in [4.78, 5) is 16.0. The second-order valence-corrected chi connectivity index (χ2v) is 12.1. The number of ether oxygens (including phenoxy) is 2. The van der Waals surface area contributed by atoms with Gasteiger partial charge in [0.25, 0.3) is 5.91 Å². The van der Waals surface area contributed by atoms with Gasteiger partial charge in [-0.1, -0.05) is 29.3 Å². The number of fused-ring (bicyclic) bond motifs is 1. The van der Waals surface area contributed by atoms with Crippen LogP contribution < -0.4 is 10.1 Å². The summed E-state index contributed by atoms with van der Waals surface area (Å²) in [5, 5.41) is 10.0. The van der Waals surface area contributed by atoms with Crippen molar-refractivity contribution in [3.05, 3.63) is 68.1 Å². The van der Waals surface area contributed by atoms with Gasteiger partial charge in [-0.3, -0.25) is 14.4 Å². The zero-order valence-electron chi connectivity index (χ0n) is 25.9. The molecule has 4 aromatic rings. The highest BCUT2D eigenvalue weighted by molar-refractivity contribution is 6.35. The summed E-state index contributed by atoms with van der Waals surface area (Å²) in [7, 11) is 3.64. The van der Waals surface area contributed by atoms with Crippen molar-refractivity contribution in [1.29, 1.82) is 0 Å². The van der Waals surface area contributed by atoms with E-state index >= 15 is 0 Å². The molecule has 0 aliphatic carbocycles. The molecule has 1 fully saturated rings. The SMILES string of the molecule is CNC(=O)c1c(CCCOc2cc(C)c(Cl)c(C)c2)c2ccc(Cl)c(-c3c(C)nn(C)c3C)c2n1CCN1CCOCC1. The van der Waals surface area contributed by atoms with Crippen LogP contribution in [0, 0.1) is 27.7 Å². The molecule has 1 aliphatic rings. The van der Waals surface area contributed by atoms with E-state index in [1.54, 1.807) is 7.05 Å². The van der Waals surface area contributed by atoms with E-state index in [2.05, 4.69) is 27.8 Å². The minimum atomic E-state index is -0.111. The van der Waals surface area contributed by atoms with Crippen molar-refractivity contribution in [2.24, 2.45) is 7.05 Å². The summed E-state index contributed by atoms with van der Waals surface area (Å²) in [5.74, 6) is 0.690. The van der Waals surface area contributed by atoms with Gasteiger partial charge in [-0.05, 0) is 75.4 Å². The van der Waals surface area contributed by atoms with E-state index in [1.165, 1.54) is 0 Å². The second-order valence-electron chi connectivity index (χ2n) is 11.3. The third kappa shape index (κ3) is 6.29. The molecule has 230 valence electrons. The van der Waals surface area contributed by atoms with Crippen molar-refractivity contribution in [1.82, 2.24) is 24.6 Å². The number of rotatable bonds is 10. The molecule has 8 nitrogen and oxygen atoms in total. The van der Waals surface area contributed by atoms with Gasteiger partial charge in [0.2, 0.25) is 0 Å². The number of aryl methyl sites for hydroxylation is 5. The van der Waals surface area contributed by atoms with Crippen LogP contribution in [-0.2, 0) is 24.8 Å². The smallest absolute Gasteiger partial charge is 0.267 e. The number of halogens is 2. The highest BCUT2D eigenvalue weighted by atomic mass is 35.5. The number of carbonyl (C=O) groups is 1. The monoisotopic (exact) mass is 625 g/mol. The Morgan fingerprint density at radius 2 is 1.74 bits per heavy atom. The van der Waals surface area contributed by atoms with Gasteiger partial charge >= 0.3 is 0 Å². The van der Waals surface area contributed by atoms with E-state index < -0.39 is 0 Å². The molecule has 2 aromatic carbocycles. The Morgan fingerprint density at radius 1 is 1.05 bits per heavy atom. The Morgan fingerprint density at radius 3 is 2.37 bits per heavy atom. The zero-order chi connectivity index (χ0) is 30.8. The lowest BCUT2D eigenvalue weighted by molar-refractivity contribution is 0.0364. The van der Waals surface area contributed by atoms with Crippen LogP contribution in [0.1, 0.15) is 45.0 Å². The second kappa shape index (κ2) is 13.3. The van der Waals surface area contributed by atoms with Crippen molar-refractivity contribution in [3.8, 4) is 16.9 Å². The van der Waals surface area contributed by atoms with Crippen LogP contribution in [0.15, 0.2) is 24.3 Å². The number of hydrogen-bond acceptors (Lipinski definition) is 5. The van der Waals surface area contributed by atoms with Crippen molar-refractivity contribution in [2.75, 3.05) is 46.5 Å². The minimum Gasteiger partial charge on any atom is -0.494 e. The molecular weight excluding hydrogens is 585 g/mol. The van der Waals surface area contributed by atoms with Gasteiger partial charge in [0.15, 0.2) is 0 Å². The first-order valence-electron chi connectivity index (χ1n) is 14.9. The maximum atomic E-state index is 13.6. The molecule has 0 atom stereocenters. The van der Waals surface area contributed by atoms with E-state index in [0.717, 1.165) is 100 Å². The summed E-state index contributed by atoms with van der Waals surface area (Å²) in [6.45, 7) is 13.2. The first-order chi connectivity index (χ1) is 20.6. The van der Waals surface area contributed by atoms with Crippen molar-refractivity contribution in [3.63, 3.8) is 0 Å². The Bertz CT molecular complexity index is 1630. The summed E-state index contributed by atoms with van der Waals surface area (Å²) in [6.07, 6.45) is 1.40. The maximum Gasteiger partial charge on any atom is 0.267 e. The average Bonchev–Trinajstić information content (AvgIpc) is 3.44. The highest BCUT2D eigenvalue weighted by Gasteiger charge is 2.28. The lowest BCUT2D eigenvalue weighted by atomic mass is 9.98. The van der Waals surface area contributed by atoms with Gasteiger partial charge in [0, 0.05) is 67.5 Å². The average molecular weight is 627 g/mol. The lowest BCUT2D eigenvalue weighted by Gasteiger charge is -2.27. The number of nitrogens with zero attached hydrogens (tertiary/aromatic N) is 4. The molecule has 0 bridgehead atoms. The van der Waals surface area contributed by atoms with Crippen LogP contribution in [0.4, 0.5) is 0 Å². The number of carbonyl (C=O) groups excluding carboxylic acids is 1. The fourth-order valence-electron chi connectivity index (χ4n) is 6.22. The van der Waals surface area contributed by atoms with E-state index in [0.29, 0.717) is 30.3 Å². The molecule has 43 heavy (non-hydrogen) atoms. The fourth-order valence-corrected chi connectivity index (χ4v) is 6.57. The first kappa shape index (κ1) is 31.4. The number of amides is 1. The van der Waals surface area contributed by atoms with Crippen LogP contribution >= 0.6 is 23.2 Å². The van der Waals surface area contributed by atoms with E-state index in [-0.39, 0.29) is 5.91 Å². The van der Waals surface area contributed by atoms with Crippen molar-refractivity contribution in [2.45, 2.75) is 47.1 Å². The van der Waals surface area contributed by atoms with Gasteiger partial charge in [0.1, 0.15) is 11.4 Å². The maximum absolute atomic E-state index is 13.6. The fraction of sp³-hybridized carbons (Fsp3) is 0.455. The molecule has 0 radical (unpaired) electrons. The summed E-state index contributed by atoms with van der Waals surface area (Å²) in [5.41, 5.74) is 8.49. The number of morpholine rings is 1. The highest BCUT2D eigenvalue weighted by Crippen LogP contribution is 2.42. The molecule has 1 aliphatic heterocycles. The molecule has 0 unspecified atom stereocenters. The minimum absolute atomic E-state index is 0.111. The van der Waals surface area contributed by atoms with Crippen LogP contribution in [0.2, 0.25) is 10.0 Å². The molecule has 3 heterocycles. The Balaban J connectivity index is 1.58.